The summed E-state index contributed by atoms with van der Waals surface area (Å²) in [6, 6.07) is 3.42. The Morgan fingerprint density at radius 2 is 1.95 bits per heavy atom. The van der Waals surface area contributed by atoms with Gasteiger partial charge in [-0.3, -0.25) is 4.79 Å². The normalized spacial score (nSPS) is 20.6. The van der Waals surface area contributed by atoms with E-state index in [9.17, 15) is 4.79 Å². The van der Waals surface area contributed by atoms with E-state index >= 15 is 0 Å². The minimum atomic E-state index is 0.00734. The predicted molar refractivity (Wildman–Crippen MR) is 77.6 cm³/mol. The number of halogens is 1. The van der Waals surface area contributed by atoms with Crippen molar-refractivity contribution >= 4 is 23.2 Å². The number of rotatable bonds is 2. The highest BCUT2D eigenvalue weighted by molar-refractivity contribution is 6.34. The molecule has 0 fully saturated rings. The zero-order chi connectivity index (χ0) is 13.9. The molecule has 5 heteroatoms. The topological polar surface area (TPSA) is 47.6 Å². The Labute approximate surface area is 122 Å². The van der Waals surface area contributed by atoms with Gasteiger partial charge in [0.25, 0.3) is 0 Å². The lowest BCUT2D eigenvalue weighted by Gasteiger charge is -2.21. The molecule has 1 aromatic carbocycles. The van der Waals surface area contributed by atoms with Gasteiger partial charge >= 0.3 is 0 Å². The zero-order valence-corrected chi connectivity index (χ0v) is 11.8. The molecule has 1 aliphatic heterocycles. The van der Waals surface area contributed by atoms with Crippen molar-refractivity contribution < 1.29 is 14.3 Å². The van der Waals surface area contributed by atoms with E-state index in [0.29, 0.717) is 35.4 Å². The van der Waals surface area contributed by atoms with Gasteiger partial charge < -0.3 is 14.8 Å². The molecule has 0 unspecified atom stereocenters. The predicted octanol–water partition coefficient (Wildman–Crippen LogP) is 3.41. The average Bonchev–Trinajstić information content (AvgIpc) is 2.49. The van der Waals surface area contributed by atoms with Crippen LogP contribution in [0.5, 0.6) is 11.5 Å². The van der Waals surface area contributed by atoms with E-state index in [2.05, 4.69) is 17.5 Å². The van der Waals surface area contributed by atoms with E-state index in [4.69, 9.17) is 21.1 Å². The van der Waals surface area contributed by atoms with Crippen LogP contribution >= 0.6 is 11.6 Å². The minimum Gasteiger partial charge on any atom is -0.486 e. The number of fused-ring (bicyclic) bond motifs is 1. The Morgan fingerprint density at radius 3 is 2.65 bits per heavy atom. The van der Waals surface area contributed by atoms with Gasteiger partial charge in [0, 0.05) is 18.1 Å². The maximum atomic E-state index is 12.2. The fraction of sp³-hybridized carbons (Fsp3) is 0.400. The molecule has 1 amide bonds. The molecular weight excluding hydrogens is 278 g/mol. The number of hydrogen-bond acceptors (Lipinski definition) is 3. The summed E-state index contributed by atoms with van der Waals surface area (Å²) in [4.78, 5) is 12.2. The Kier molecular flexibility index (Phi) is 3.83. The fourth-order valence-electron chi connectivity index (χ4n) is 2.43. The molecule has 0 saturated carbocycles. The molecule has 106 valence electrons. The molecule has 0 saturated heterocycles. The second-order valence-electron chi connectivity index (χ2n) is 4.95. The van der Waals surface area contributed by atoms with Crippen molar-refractivity contribution in [3.8, 4) is 11.5 Å². The van der Waals surface area contributed by atoms with Crippen LogP contribution in [-0.4, -0.2) is 19.1 Å². The number of anilines is 1. The van der Waals surface area contributed by atoms with Crippen LogP contribution in [0.2, 0.25) is 5.02 Å². The van der Waals surface area contributed by atoms with Gasteiger partial charge in [0.2, 0.25) is 5.91 Å². The van der Waals surface area contributed by atoms with Crippen LogP contribution < -0.4 is 14.8 Å². The highest BCUT2D eigenvalue weighted by Crippen LogP contribution is 2.38. The molecule has 1 aliphatic carbocycles. The van der Waals surface area contributed by atoms with Crippen LogP contribution in [0.4, 0.5) is 5.69 Å². The molecule has 0 radical (unpaired) electrons. The maximum Gasteiger partial charge on any atom is 0.227 e. The van der Waals surface area contributed by atoms with Gasteiger partial charge in [-0.1, -0.05) is 23.8 Å². The van der Waals surface area contributed by atoms with Gasteiger partial charge in [0.05, 0.1) is 10.7 Å². The van der Waals surface area contributed by atoms with E-state index in [0.717, 1.165) is 19.3 Å². The van der Waals surface area contributed by atoms with Crippen molar-refractivity contribution in [1.82, 2.24) is 0 Å². The minimum absolute atomic E-state index is 0.00734. The van der Waals surface area contributed by atoms with Crippen molar-refractivity contribution in [1.29, 1.82) is 0 Å². The summed E-state index contributed by atoms with van der Waals surface area (Å²) in [5.41, 5.74) is 0.579. The Morgan fingerprint density at radius 1 is 1.20 bits per heavy atom. The van der Waals surface area contributed by atoms with E-state index in [1.807, 2.05) is 0 Å². The third-order valence-electron chi connectivity index (χ3n) is 3.53. The Hall–Kier alpha value is -1.68. The first kappa shape index (κ1) is 13.3. The average molecular weight is 294 g/mol. The molecule has 1 aromatic rings. The Bertz CT molecular complexity index is 556. The summed E-state index contributed by atoms with van der Waals surface area (Å²) in [5.74, 6) is 1.27. The molecule has 3 rings (SSSR count). The summed E-state index contributed by atoms with van der Waals surface area (Å²) in [6.45, 7) is 1.03. The van der Waals surface area contributed by atoms with Crippen molar-refractivity contribution in [3.63, 3.8) is 0 Å². The van der Waals surface area contributed by atoms with Gasteiger partial charge in [0.15, 0.2) is 11.5 Å². The van der Waals surface area contributed by atoms with Gasteiger partial charge in [-0.15, -0.1) is 0 Å². The lowest BCUT2D eigenvalue weighted by atomic mass is 9.93. The van der Waals surface area contributed by atoms with Crippen molar-refractivity contribution in [2.75, 3.05) is 18.5 Å². The highest BCUT2D eigenvalue weighted by atomic mass is 35.5. The number of amides is 1. The highest BCUT2D eigenvalue weighted by Gasteiger charge is 2.21. The number of ether oxygens (including phenoxy) is 2. The Balaban J connectivity index is 1.76. The molecule has 20 heavy (non-hydrogen) atoms. The molecular formula is C15H16ClNO3. The molecule has 2 aliphatic rings. The number of allylic oxidation sites excluding steroid dienone is 2. The van der Waals surface area contributed by atoms with Gasteiger partial charge in [-0.25, -0.2) is 0 Å². The van der Waals surface area contributed by atoms with E-state index < -0.39 is 0 Å². The summed E-state index contributed by atoms with van der Waals surface area (Å²) >= 11 is 6.18. The smallest absolute Gasteiger partial charge is 0.227 e. The SMILES string of the molecule is O=C(Nc1cc2c(cc1Cl)OCCO2)[C@@H]1CC=CCC1. The lowest BCUT2D eigenvalue weighted by Crippen LogP contribution is -2.24. The second kappa shape index (κ2) is 5.75. The number of carbonyl (C=O) groups excluding carboxylic acids is 1. The quantitative estimate of drug-likeness (QED) is 0.850. The van der Waals surface area contributed by atoms with E-state index in [1.54, 1.807) is 12.1 Å². The molecule has 1 atom stereocenters. The second-order valence-corrected chi connectivity index (χ2v) is 5.35. The van der Waals surface area contributed by atoms with Crippen LogP contribution in [-0.2, 0) is 4.79 Å². The summed E-state index contributed by atoms with van der Waals surface area (Å²) in [6.07, 6.45) is 6.78. The summed E-state index contributed by atoms with van der Waals surface area (Å²) in [7, 11) is 0. The number of hydrogen-bond donors (Lipinski definition) is 1. The first-order valence-corrected chi connectivity index (χ1v) is 7.17. The molecule has 0 aromatic heterocycles. The van der Waals surface area contributed by atoms with Crippen molar-refractivity contribution in [2.45, 2.75) is 19.3 Å². The van der Waals surface area contributed by atoms with Crippen LogP contribution in [0.3, 0.4) is 0 Å². The van der Waals surface area contributed by atoms with Crippen LogP contribution in [0.25, 0.3) is 0 Å². The first-order valence-electron chi connectivity index (χ1n) is 6.79. The molecule has 4 nitrogen and oxygen atoms in total. The van der Waals surface area contributed by atoms with Crippen molar-refractivity contribution in [2.24, 2.45) is 5.92 Å². The molecule has 0 spiro atoms. The zero-order valence-electron chi connectivity index (χ0n) is 11.0. The van der Waals surface area contributed by atoms with Gasteiger partial charge in [0.1, 0.15) is 13.2 Å². The van der Waals surface area contributed by atoms with Crippen LogP contribution in [0.1, 0.15) is 19.3 Å². The number of benzene rings is 1. The van der Waals surface area contributed by atoms with E-state index in [-0.39, 0.29) is 11.8 Å². The monoisotopic (exact) mass is 293 g/mol. The summed E-state index contributed by atoms with van der Waals surface area (Å²) in [5, 5.41) is 3.36. The standard InChI is InChI=1S/C15H16ClNO3/c16-11-8-13-14(20-7-6-19-13)9-12(11)17-15(18)10-4-2-1-3-5-10/h1-2,8-10H,3-7H2,(H,17,18)/t10-/m1/s1. The lowest BCUT2D eigenvalue weighted by molar-refractivity contribution is -0.120. The van der Waals surface area contributed by atoms with Gasteiger partial charge in [-0.2, -0.15) is 0 Å². The van der Waals surface area contributed by atoms with E-state index in [1.165, 1.54) is 0 Å². The number of nitrogens with one attached hydrogen (secondary N) is 1. The summed E-state index contributed by atoms with van der Waals surface area (Å²) < 4.78 is 10.9. The largest absolute Gasteiger partial charge is 0.486 e. The van der Waals surface area contributed by atoms with Gasteiger partial charge in [-0.05, 0) is 19.3 Å². The van der Waals surface area contributed by atoms with Crippen LogP contribution in [0.15, 0.2) is 24.3 Å². The maximum absolute atomic E-state index is 12.2. The first-order chi connectivity index (χ1) is 9.74. The third kappa shape index (κ3) is 2.75. The number of carbonyl (C=O) groups is 1. The molecule has 1 heterocycles. The fourth-order valence-corrected chi connectivity index (χ4v) is 2.63. The van der Waals surface area contributed by atoms with Crippen molar-refractivity contribution in [3.05, 3.63) is 29.3 Å². The molecule has 0 bridgehead atoms. The third-order valence-corrected chi connectivity index (χ3v) is 3.84. The van der Waals surface area contributed by atoms with Crippen LogP contribution in [0, 0.1) is 5.92 Å². The molecule has 1 N–H and O–H groups in total.